The lowest BCUT2D eigenvalue weighted by atomic mass is 9.33. The molecule has 4 N–H and O–H groups in total. The molecule has 1 heterocycles. The molecule has 9 nitrogen and oxygen atoms in total. The fraction of sp³-hybridized carbons (Fsp3) is 0.892. The number of aliphatic hydroxyl groups excluding tert-OH is 4. The van der Waals surface area contributed by atoms with Gasteiger partial charge in [0.2, 0.25) is 0 Å². The highest BCUT2D eigenvalue weighted by Gasteiger charge is 2.70. The van der Waals surface area contributed by atoms with E-state index in [9.17, 15) is 30.0 Å². The highest BCUT2D eigenvalue weighted by molar-refractivity contribution is 5.95. The maximum atomic E-state index is 14.7. The van der Waals surface area contributed by atoms with Crippen LogP contribution >= 0.6 is 0 Å². The van der Waals surface area contributed by atoms with Gasteiger partial charge < -0.3 is 34.6 Å². The van der Waals surface area contributed by atoms with Gasteiger partial charge in [-0.25, -0.2) is 0 Å². The minimum Gasteiger partial charge on any atom is -0.469 e. The number of hydrogen-bond acceptors (Lipinski definition) is 9. The number of fused-ring (bicyclic) bond motifs is 7. The maximum absolute atomic E-state index is 14.7. The molecule has 260 valence electrons. The molecule has 46 heavy (non-hydrogen) atoms. The van der Waals surface area contributed by atoms with Crippen LogP contribution in [0.2, 0.25) is 0 Å². The lowest BCUT2D eigenvalue weighted by Gasteiger charge is -2.70. The fourth-order valence-electron chi connectivity index (χ4n) is 12.2. The summed E-state index contributed by atoms with van der Waals surface area (Å²) in [6, 6.07) is 0. The molecule has 0 aromatic rings. The third-order valence-corrected chi connectivity index (χ3v) is 15.3. The maximum Gasteiger partial charge on any atom is 0.311 e. The van der Waals surface area contributed by atoms with Gasteiger partial charge in [-0.3, -0.25) is 9.59 Å². The van der Waals surface area contributed by atoms with Gasteiger partial charge in [-0.05, 0) is 110 Å². The molecule has 14 atom stereocenters. The Balaban J connectivity index is 1.31. The van der Waals surface area contributed by atoms with Gasteiger partial charge in [0.05, 0.1) is 25.2 Å². The summed E-state index contributed by atoms with van der Waals surface area (Å²) in [5, 5.41) is 41.1. The Morgan fingerprint density at radius 1 is 0.913 bits per heavy atom. The number of allylic oxidation sites excluding steroid dienone is 2. The molecule has 0 amide bonds. The molecule has 4 saturated carbocycles. The molecule has 5 fully saturated rings. The molecule has 0 unspecified atom stereocenters. The molecule has 6 rings (SSSR count). The smallest absolute Gasteiger partial charge is 0.311 e. The van der Waals surface area contributed by atoms with Gasteiger partial charge in [0.25, 0.3) is 0 Å². The summed E-state index contributed by atoms with van der Waals surface area (Å²) in [6.07, 6.45) is 3.00. The molecule has 0 aromatic heterocycles. The van der Waals surface area contributed by atoms with Crippen molar-refractivity contribution < 1.29 is 44.2 Å². The standard InChI is InChI=1S/C37H58O9/c1-32(2)24-9-12-37(7)29(35(24,5)11-10-25(32)46-30-28(42)27(41)26(40)23(19-38)45-30)22(39)17-20-21-18-34(4,31(43)44-8)14-13-33(21,3)15-16-36(20,37)6/h17,21,23-30,38,40-42H,9-16,18-19H2,1-8H3/t21-,23+,24-,25-,26-,27-,28+,29+,30-,33+,34-,35-,36+,37+/m0/s1. The lowest BCUT2D eigenvalue weighted by molar-refractivity contribution is -0.329. The van der Waals surface area contributed by atoms with Crippen molar-refractivity contribution in [3.05, 3.63) is 11.6 Å². The summed E-state index contributed by atoms with van der Waals surface area (Å²) in [4.78, 5) is 27.7. The van der Waals surface area contributed by atoms with Gasteiger partial charge in [-0.15, -0.1) is 0 Å². The minimum absolute atomic E-state index is 0.0608. The van der Waals surface area contributed by atoms with Gasteiger partial charge in [-0.2, -0.15) is 0 Å². The van der Waals surface area contributed by atoms with Crippen LogP contribution in [-0.4, -0.2) is 82.7 Å². The molecule has 0 spiro atoms. The molecule has 0 aromatic carbocycles. The first kappa shape index (κ1) is 34.5. The van der Waals surface area contributed by atoms with E-state index in [0.717, 1.165) is 51.4 Å². The first-order valence-electron chi connectivity index (χ1n) is 17.6. The van der Waals surface area contributed by atoms with Crippen molar-refractivity contribution in [2.45, 2.75) is 143 Å². The predicted octanol–water partition coefficient (Wildman–Crippen LogP) is 4.33. The Morgan fingerprint density at radius 2 is 1.59 bits per heavy atom. The van der Waals surface area contributed by atoms with Crippen LogP contribution in [0.5, 0.6) is 0 Å². The van der Waals surface area contributed by atoms with E-state index in [-0.39, 0.29) is 62.7 Å². The number of carbonyl (C=O) groups is 2. The van der Waals surface area contributed by atoms with Crippen molar-refractivity contribution >= 4 is 11.8 Å². The summed E-state index contributed by atoms with van der Waals surface area (Å²) >= 11 is 0. The minimum atomic E-state index is -1.49. The van der Waals surface area contributed by atoms with Crippen LogP contribution < -0.4 is 0 Å². The highest BCUT2D eigenvalue weighted by atomic mass is 16.7. The Labute approximate surface area is 274 Å². The quantitative estimate of drug-likeness (QED) is 0.259. The van der Waals surface area contributed by atoms with Crippen LogP contribution in [0.15, 0.2) is 11.6 Å². The van der Waals surface area contributed by atoms with Gasteiger partial charge in [0.1, 0.15) is 24.4 Å². The number of hydrogen-bond donors (Lipinski definition) is 4. The van der Waals surface area contributed by atoms with Crippen molar-refractivity contribution in [1.82, 2.24) is 0 Å². The second-order valence-corrected chi connectivity index (χ2v) is 17.9. The van der Waals surface area contributed by atoms with Crippen LogP contribution in [0.25, 0.3) is 0 Å². The van der Waals surface area contributed by atoms with Gasteiger partial charge >= 0.3 is 5.97 Å². The largest absolute Gasteiger partial charge is 0.469 e. The Morgan fingerprint density at radius 3 is 2.24 bits per heavy atom. The molecule has 6 aliphatic rings. The van der Waals surface area contributed by atoms with Crippen molar-refractivity contribution in [3.8, 4) is 0 Å². The number of esters is 1. The average Bonchev–Trinajstić information content (AvgIpc) is 3.00. The molecular formula is C37H58O9. The van der Waals surface area contributed by atoms with E-state index in [1.165, 1.54) is 12.7 Å². The van der Waals surface area contributed by atoms with Gasteiger partial charge in [-0.1, -0.05) is 47.1 Å². The second kappa shape index (κ2) is 11.1. The van der Waals surface area contributed by atoms with Crippen molar-refractivity contribution in [1.29, 1.82) is 0 Å². The van der Waals surface area contributed by atoms with Crippen LogP contribution in [0.1, 0.15) is 106 Å². The highest BCUT2D eigenvalue weighted by Crippen LogP contribution is 2.75. The van der Waals surface area contributed by atoms with Crippen LogP contribution in [-0.2, 0) is 23.8 Å². The summed E-state index contributed by atoms with van der Waals surface area (Å²) in [5.41, 5.74) is -0.276. The average molecular weight is 647 g/mol. The molecule has 1 saturated heterocycles. The summed E-state index contributed by atoms with van der Waals surface area (Å²) < 4.78 is 17.4. The third kappa shape index (κ3) is 4.61. The zero-order valence-electron chi connectivity index (χ0n) is 29.2. The molecule has 1 aliphatic heterocycles. The zero-order chi connectivity index (χ0) is 33.8. The first-order valence-corrected chi connectivity index (χ1v) is 17.6. The van der Waals surface area contributed by atoms with E-state index in [1.54, 1.807) is 0 Å². The molecule has 0 bridgehead atoms. The summed E-state index contributed by atoms with van der Waals surface area (Å²) in [6.45, 7) is 15.4. The van der Waals surface area contributed by atoms with Crippen LogP contribution in [0.3, 0.4) is 0 Å². The second-order valence-electron chi connectivity index (χ2n) is 17.9. The Kier molecular flexibility index (Phi) is 8.31. The number of ketones is 1. The number of aliphatic hydroxyl groups is 4. The lowest BCUT2D eigenvalue weighted by Crippen LogP contribution is -2.67. The SMILES string of the molecule is COC(=O)[C@@]1(C)CC[C@]2(C)CC[C@]3(C)C(=CC(=O)[C@@H]4[C@@]5(C)CC[C@H](O[C@@H]6O[C@H](CO)[C@H](O)[C@H](O)[C@H]6O)C(C)(C)[C@@H]5CC[C@]43C)[C@@H]2C1. The van der Waals surface area contributed by atoms with E-state index >= 15 is 0 Å². The molecule has 5 aliphatic carbocycles. The normalized spacial score (nSPS) is 53.2. The molecule has 0 radical (unpaired) electrons. The van der Waals surface area contributed by atoms with Crippen LogP contribution in [0, 0.1) is 50.2 Å². The van der Waals surface area contributed by atoms with Crippen molar-refractivity contribution in [2.75, 3.05) is 13.7 Å². The molecule has 9 heteroatoms. The van der Waals surface area contributed by atoms with Gasteiger partial charge in [0.15, 0.2) is 12.1 Å². The van der Waals surface area contributed by atoms with Crippen LogP contribution in [0.4, 0.5) is 0 Å². The Bertz CT molecular complexity index is 1280. The number of carbonyl (C=O) groups excluding carboxylic acids is 2. The van der Waals surface area contributed by atoms with E-state index in [2.05, 4.69) is 41.5 Å². The number of methoxy groups -OCH3 is 1. The molecular weight excluding hydrogens is 588 g/mol. The number of ether oxygens (including phenoxy) is 3. The third-order valence-electron chi connectivity index (χ3n) is 15.3. The fourth-order valence-corrected chi connectivity index (χ4v) is 12.2. The van der Waals surface area contributed by atoms with E-state index < -0.39 is 42.7 Å². The first-order chi connectivity index (χ1) is 21.3. The number of rotatable bonds is 4. The predicted molar refractivity (Wildman–Crippen MR) is 170 cm³/mol. The monoisotopic (exact) mass is 646 g/mol. The van der Waals surface area contributed by atoms with Crippen molar-refractivity contribution in [2.24, 2.45) is 50.2 Å². The van der Waals surface area contributed by atoms with E-state index in [1.807, 2.05) is 13.0 Å². The Hall–Kier alpha value is -1.36. The van der Waals surface area contributed by atoms with Crippen molar-refractivity contribution in [3.63, 3.8) is 0 Å². The summed E-state index contributed by atoms with van der Waals surface area (Å²) in [7, 11) is 1.48. The summed E-state index contributed by atoms with van der Waals surface area (Å²) in [5.74, 6) is 0.248. The topological polar surface area (TPSA) is 143 Å². The van der Waals surface area contributed by atoms with E-state index in [0.29, 0.717) is 6.42 Å². The zero-order valence-corrected chi connectivity index (χ0v) is 29.2. The van der Waals surface area contributed by atoms with Gasteiger partial charge in [0, 0.05) is 5.92 Å². The van der Waals surface area contributed by atoms with E-state index in [4.69, 9.17) is 14.2 Å².